The number of aromatic nitrogens is 3. The number of hydrogen-bond acceptors (Lipinski definition) is 8. The van der Waals surface area contributed by atoms with Gasteiger partial charge in [-0.05, 0) is 38.5 Å². The standard InChI is InChI=1S/C22H27N5O3S2/c1-7-30-21(29)18-13(2)14(3)32-20(18)23-17(28)12-31-22-25-24-19(27(22)6)15-9-8-10-16(11-15)26(4)5/h8-11H,7,12H2,1-6H3,(H,23,28). The van der Waals surface area contributed by atoms with Crippen LogP contribution in [0.25, 0.3) is 11.4 Å². The number of nitrogens with zero attached hydrogens (tertiary/aromatic N) is 4. The number of thioether (sulfide) groups is 1. The average Bonchev–Trinajstić information content (AvgIpc) is 3.25. The van der Waals surface area contributed by atoms with E-state index >= 15 is 0 Å². The summed E-state index contributed by atoms with van der Waals surface area (Å²) < 4.78 is 7.02. The van der Waals surface area contributed by atoms with Crippen molar-refractivity contribution in [1.29, 1.82) is 0 Å². The fraction of sp³-hybridized carbons (Fsp3) is 0.364. The molecule has 3 aromatic rings. The highest BCUT2D eigenvalue weighted by Gasteiger charge is 2.22. The second-order valence-corrected chi connectivity index (χ2v) is 9.52. The lowest BCUT2D eigenvalue weighted by molar-refractivity contribution is -0.113. The number of benzene rings is 1. The van der Waals surface area contributed by atoms with Crippen LogP contribution in [0.4, 0.5) is 10.7 Å². The fourth-order valence-corrected chi connectivity index (χ4v) is 4.85. The highest BCUT2D eigenvalue weighted by atomic mass is 32.2. The van der Waals surface area contributed by atoms with Gasteiger partial charge in [0.05, 0.1) is 17.9 Å². The van der Waals surface area contributed by atoms with Crippen molar-refractivity contribution in [3.8, 4) is 11.4 Å². The minimum absolute atomic E-state index is 0.141. The normalized spacial score (nSPS) is 10.8. The molecule has 0 aliphatic rings. The van der Waals surface area contributed by atoms with E-state index in [2.05, 4.69) is 15.5 Å². The largest absolute Gasteiger partial charge is 0.462 e. The summed E-state index contributed by atoms with van der Waals surface area (Å²) in [6.07, 6.45) is 0. The molecule has 170 valence electrons. The van der Waals surface area contributed by atoms with Gasteiger partial charge in [-0.15, -0.1) is 21.5 Å². The molecule has 3 rings (SSSR count). The summed E-state index contributed by atoms with van der Waals surface area (Å²) in [5.41, 5.74) is 3.27. The van der Waals surface area contributed by atoms with Crippen LogP contribution in [-0.2, 0) is 16.6 Å². The van der Waals surface area contributed by atoms with Gasteiger partial charge in [0.15, 0.2) is 11.0 Å². The number of rotatable bonds is 8. The zero-order chi connectivity index (χ0) is 23.4. The molecule has 1 N–H and O–H groups in total. The summed E-state index contributed by atoms with van der Waals surface area (Å²) in [6, 6.07) is 8.03. The first-order valence-corrected chi connectivity index (χ1v) is 11.9. The molecule has 0 atom stereocenters. The molecule has 1 aromatic carbocycles. The number of carbonyl (C=O) groups excluding carboxylic acids is 2. The van der Waals surface area contributed by atoms with Crippen LogP contribution in [0.2, 0.25) is 0 Å². The van der Waals surface area contributed by atoms with Crippen LogP contribution in [0.1, 0.15) is 27.7 Å². The predicted molar refractivity (Wildman–Crippen MR) is 130 cm³/mol. The van der Waals surface area contributed by atoms with Crippen LogP contribution in [0.5, 0.6) is 0 Å². The van der Waals surface area contributed by atoms with Crippen molar-refractivity contribution in [2.24, 2.45) is 7.05 Å². The second kappa shape index (κ2) is 10.2. The van der Waals surface area contributed by atoms with Crippen LogP contribution >= 0.6 is 23.1 Å². The lowest BCUT2D eigenvalue weighted by Gasteiger charge is -2.13. The van der Waals surface area contributed by atoms with Crippen molar-refractivity contribution in [2.45, 2.75) is 25.9 Å². The van der Waals surface area contributed by atoms with E-state index in [0.717, 1.165) is 27.5 Å². The van der Waals surface area contributed by atoms with Crippen molar-refractivity contribution in [3.63, 3.8) is 0 Å². The molecule has 0 fully saturated rings. The zero-order valence-corrected chi connectivity index (χ0v) is 20.7. The van der Waals surface area contributed by atoms with E-state index in [4.69, 9.17) is 4.74 Å². The maximum Gasteiger partial charge on any atom is 0.341 e. The van der Waals surface area contributed by atoms with Crippen molar-refractivity contribution < 1.29 is 14.3 Å². The van der Waals surface area contributed by atoms with Crippen molar-refractivity contribution in [2.75, 3.05) is 36.7 Å². The molecule has 8 nitrogen and oxygen atoms in total. The Morgan fingerprint density at radius 1 is 1.25 bits per heavy atom. The number of hydrogen-bond donors (Lipinski definition) is 1. The van der Waals surface area contributed by atoms with Gasteiger partial charge >= 0.3 is 5.97 Å². The number of esters is 1. The lowest BCUT2D eigenvalue weighted by Crippen LogP contribution is -2.16. The van der Waals surface area contributed by atoms with E-state index in [1.54, 1.807) is 6.92 Å². The summed E-state index contributed by atoms with van der Waals surface area (Å²) in [7, 11) is 5.85. The highest BCUT2D eigenvalue weighted by Crippen LogP contribution is 2.33. The van der Waals surface area contributed by atoms with Crippen LogP contribution < -0.4 is 10.2 Å². The van der Waals surface area contributed by atoms with E-state index in [9.17, 15) is 9.59 Å². The molecule has 0 bridgehead atoms. The van der Waals surface area contributed by atoms with Gasteiger partial charge in [0.1, 0.15) is 5.00 Å². The van der Waals surface area contributed by atoms with Crippen LogP contribution in [0.15, 0.2) is 29.4 Å². The highest BCUT2D eigenvalue weighted by molar-refractivity contribution is 7.99. The molecule has 2 heterocycles. The Kier molecular flexibility index (Phi) is 7.57. The number of anilines is 2. The van der Waals surface area contributed by atoms with Gasteiger partial charge in [0.2, 0.25) is 5.91 Å². The first-order valence-electron chi connectivity index (χ1n) is 10.1. The van der Waals surface area contributed by atoms with Gasteiger partial charge in [-0.25, -0.2) is 4.79 Å². The quantitative estimate of drug-likeness (QED) is 0.389. The first kappa shape index (κ1) is 23.8. The smallest absolute Gasteiger partial charge is 0.341 e. The topological polar surface area (TPSA) is 89.3 Å². The molecule has 2 aromatic heterocycles. The summed E-state index contributed by atoms with van der Waals surface area (Å²) in [6.45, 7) is 5.81. The third-order valence-corrected chi connectivity index (χ3v) is 7.05. The van der Waals surface area contributed by atoms with Gasteiger partial charge < -0.3 is 19.5 Å². The molecule has 0 saturated carbocycles. The molecule has 32 heavy (non-hydrogen) atoms. The summed E-state index contributed by atoms with van der Waals surface area (Å²) in [5.74, 6) is 0.226. The van der Waals surface area contributed by atoms with Gasteiger partial charge in [-0.2, -0.15) is 0 Å². The van der Waals surface area contributed by atoms with E-state index in [1.165, 1.54) is 23.1 Å². The van der Waals surface area contributed by atoms with Crippen molar-refractivity contribution in [3.05, 3.63) is 40.3 Å². The number of carbonyl (C=O) groups is 2. The number of amides is 1. The number of nitrogens with one attached hydrogen (secondary N) is 1. The van der Waals surface area contributed by atoms with Crippen molar-refractivity contribution >= 4 is 45.7 Å². The molecule has 1 amide bonds. The Morgan fingerprint density at radius 2 is 2.00 bits per heavy atom. The number of aryl methyl sites for hydroxylation is 1. The van der Waals surface area contributed by atoms with E-state index in [1.807, 2.05) is 68.7 Å². The first-order chi connectivity index (χ1) is 15.2. The molecular formula is C22H27N5O3S2. The van der Waals surface area contributed by atoms with Crippen LogP contribution in [0, 0.1) is 13.8 Å². The number of ether oxygens (including phenoxy) is 1. The monoisotopic (exact) mass is 473 g/mol. The van der Waals surface area contributed by atoms with Gasteiger partial charge in [0, 0.05) is 37.3 Å². The van der Waals surface area contributed by atoms with Gasteiger partial charge in [-0.1, -0.05) is 23.9 Å². The van der Waals surface area contributed by atoms with E-state index in [0.29, 0.717) is 15.7 Å². The minimum atomic E-state index is -0.421. The Labute approximate surface area is 196 Å². The van der Waals surface area contributed by atoms with Crippen molar-refractivity contribution in [1.82, 2.24) is 14.8 Å². The Bertz CT molecular complexity index is 1140. The molecule has 0 unspecified atom stereocenters. The average molecular weight is 474 g/mol. The SMILES string of the molecule is CCOC(=O)c1c(NC(=O)CSc2nnc(-c3cccc(N(C)C)c3)n2C)sc(C)c1C. The Morgan fingerprint density at radius 3 is 2.69 bits per heavy atom. The van der Waals surface area contributed by atoms with Crippen LogP contribution in [0.3, 0.4) is 0 Å². The minimum Gasteiger partial charge on any atom is -0.462 e. The maximum absolute atomic E-state index is 12.6. The fourth-order valence-electron chi connectivity index (χ4n) is 3.07. The Hall–Kier alpha value is -2.85. The summed E-state index contributed by atoms with van der Waals surface area (Å²) in [4.78, 5) is 27.9. The Balaban J connectivity index is 1.70. The molecule has 0 saturated heterocycles. The summed E-state index contributed by atoms with van der Waals surface area (Å²) >= 11 is 2.67. The number of thiophene rings is 1. The molecule has 10 heteroatoms. The molecule has 0 spiro atoms. The molecule has 0 radical (unpaired) electrons. The second-order valence-electron chi connectivity index (χ2n) is 7.35. The van der Waals surface area contributed by atoms with E-state index in [-0.39, 0.29) is 18.3 Å². The predicted octanol–water partition coefficient (Wildman–Crippen LogP) is 4.13. The third kappa shape index (κ3) is 5.13. The van der Waals surface area contributed by atoms with Gasteiger partial charge in [0.25, 0.3) is 0 Å². The molecule has 0 aliphatic heterocycles. The molecular weight excluding hydrogens is 446 g/mol. The van der Waals surface area contributed by atoms with Gasteiger partial charge in [-0.3, -0.25) is 4.79 Å². The third-order valence-electron chi connectivity index (χ3n) is 4.91. The molecule has 0 aliphatic carbocycles. The zero-order valence-electron chi connectivity index (χ0n) is 19.1. The maximum atomic E-state index is 12.6. The lowest BCUT2D eigenvalue weighted by atomic mass is 10.1. The van der Waals surface area contributed by atoms with E-state index < -0.39 is 5.97 Å². The van der Waals surface area contributed by atoms with Crippen LogP contribution in [-0.4, -0.2) is 53.1 Å². The summed E-state index contributed by atoms with van der Waals surface area (Å²) in [5, 5.41) is 12.6.